The summed E-state index contributed by atoms with van der Waals surface area (Å²) in [6, 6.07) is 54.6. The van der Waals surface area contributed by atoms with Crippen molar-refractivity contribution in [3.8, 4) is 55.9 Å². The molecule has 234 valence electrons. The van der Waals surface area contributed by atoms with Crippen LogP contribution in [0.1, 0.15) is 0 Å². The van der Waals surface area contributed by atoms with Crippen LogP contribution < -0.4 is 0 Å². The Morgan fingerprint density at radius 2 is 0.660 bits per heavy atom. The van der Waals surface area contributed by atoms with E-state index in [0.717, 1.165) is 99.8 Å². The number of benzene rings is 6. The molecule has 0 aliphatic heterocycles. The Bertz CT molecular complexity index is 2630. The molecule has 4 aromatic heterocycles. The Hall–Kier alpha value is -6.78. The normalized spacial score (nSPS) is 11.6. The second kappa shape index (κ2) is 11.4. The third-order valence-corrected chi connectivity index (χ3v) is 9.65. The molecule has 0 N–H and O–H groups in total. The Labute approximate surface area is 287 Å². The van der Waals surface area contributed by atoms with E-state index < -0.39 is 0 Å². The predicted molar refractivity (Wildman–Crippen MR) is 204 cm³/mol. The van der Waals surface area contributed by atoms with Gasteiger partial charge in [-0.1, -0.05) is 146 Å². The molecule has 0 amide bonds. The first-order valence-electron chi connectivity index (χ1n) is 16.7. The van der Waals surface area contributed by atoms with Crippen molar-refractivity contribution in [3.05, 3.63) is 170 Å². The number of nitrogens with zero attached hydrogens (tertiary/aromatic N) is 2. The lowest BCUT2D eigenvalue weighted by atomic mass is 9.96. The minimum atomic E-state index is 0.810. The van der Waals surface area contributed by atoms with Gasteiger partial charge in [0, 0.05) is 56.2 Å². The van der Waals surface area contributed by atoms with E-state index in [4.69, 9.17) is 8.83 Å². The maximum atomic E-state index is 6.60. The molecule has 0 unspecified atom stereocenters. The van der Waals surface area contributed by atoms with Gasteiger partial charge < -0.3 is 8.83 Å². The van der Waals surface area contributed by atoms with Crippen molar-refractivity contribution in [3.63, 3.8) is 0 Å². The van der Waals surface area contributed by atoms with Crippen molar-refractivity contribution in [2.24, 2.45) is 0 Å². The summed E-state index contributed by atoms with van der Waals surface area (Å²) < 4.78 is 13.2. The second-order valence-corrected chi connectivity index (χ2v) is 12.5. The fourth-order valence-electron chi connectivity index (χ4n) is 7.19. The molecule has 10 aromatic rings. The molecule has 0 atom stereocenters. The highest BCUT2D eigenvalue weighted by molar-refractivity contribution is 6.13. The molecular formula is C46H28N2O2. The molecule has 6 aromatic carbocycles. The third kappa shape index (κ3) is 4.54. The number of para-hydroxylation sites is 2. The summed E-state index contributed by atoms with van der Waals surface area (Å²) in [7, 11) is 0. The van der Waals surface area contributed by atoms with Gasteiger partial charge in [0.25, 0.3) is 0 Å². The summed E-state index contributed by atoms with van der Waals surface area (Å²) in [5.74, 6) is 0. The molecule has 0 saturated carbocycles. The van der Waals surface area contributed by atoms with Gasteiger partial charge in [-0.15, -0.1) is 0 Å². The van der Waals surface area contributed by atoms with Crippen LogP contribution in [-0.2, 0) is 0 Å². The minimum Gasteiger partial charge on any atom is -0.453 e. The average Bonchev–Trinajstić information content (AvgIpc) is 3.78. The predicted octanol–water partition coefficient (Wildman–Crippen LogP) is 12.6. The number of pyridine rings is 2. The molecule has 0 aliphatic rings. The van der Waals surface area contributed by atoms with Crippen LogP contribution >= 0.6 is 0 Å². The maximum absolute atomic E-state index is 6.60. The van der Waals surface area contributed by atoms with Crippen LogP contribution in [0, 0.1) is 0 Å². The van der Waals surface area contributed by atoms with E-state index in [1.807, 2.05) is 60.9 Å². The van der Waals surface area contributed by atoms with E-state index in [1.54, 1.807) is 0 Å². The fourth-order valence-corrected chi connectivity index (χ4v) is 7.19. The van der Waals surface area contributed by atoms with E-state index in [0.29, 0.717) is 0 Å². The minimum absolute atomic E-state index is 0.810. The molecule has 0 radical (unpaired) electrons. The molecule has 0 aliphatic carbocycles. The van der Waals surface area contributed by atoms with E-state index in [2.05, 4.69) is 119 Å². The molecule has 4 heteroatoms. The van der Waals surface area contributed by atoms with Gasteiger partial charge in [-0.25, -0.2) is 0 Å². The lowest BCUT2D eigenvalue weighted by Crippen LogP contribution is -1.83. The number of hydrogen-bond acceptors (Lipinski definition) is 4. The highest BCUT2D eigenvalue weighted by atomic mass is 16.3. The van der Waals surface area contributed by atoms with Gasteiger partial charge >= 0.3 is 0 Å². The van der Waals surface area contributed by atoms with E-state index in [9.17, 15) is 0 Å². The molecule has 10 rings (SSSR count). The fraction of sp³-hybridized carbons (Fsp3) is 0. The maximum Gasteiger partial charge on any atom is 0.161 e. The SMILES string of the molecule is c1ccc(-c2nccc3c2oc2c(-c4ccc(-c5ccc(-c6cccc7c6oc6c(-c8ccccc8)nccc67)cc5)cc4)cccc23)cc1. The lowest BCUT2D eigenvalue weighted by molar-refractivity contribution is 0.669. The summed E-state index contributed by atoms with van der Waals surface area (Å²) in [4.78, 5) is 9.37. The Balaban J connectivity index is 0.988. The summed E-state index contributed by atoms with van der Waals surface area (Å²) >= 11 is 0. The topological polar surface area (TPSA) is 52.1 Å². The summed E-state index contributed by atoms with van der Waals surface area (Å²) in [5.41, 5.74) is 13.8. The van der Waals surface area contributed by atoms with Gasteiger partial charge in [-0.2, -0.15) is 0 Å². The van der Waals surface area contributed by atoms with E-state index in [-0.39, 0.29) is 0 Å². The van der Waals surface area contributed by atoms with Crippen molar-refractivity contribution in [1.82, 2.24) is 9.97 Å². The van der Waals surface area contributed by atoms with Crippen molar-refractivity contribution in [1.29, 1.82) is 0 Å². The molecule has 4 nitrogen and oxygen atoms in total. The van der Waals surface area contributed by atoms with Crippen molar-refractivity contribution < 1.29 is 8.83 Å². The monoisotopic (exact) mass is 640 g/mol. The highest BCUT2D eigenvalue weighted by Crippen LogP contribution is 2.41. The van der Waals surface area contributed by atoms with Crippen LogP contribution in [0.15, 0.2) is 179 Å². The Kier molecular flexibility index (Phi) is 6.46. The number of furan rings is 2. The standard InChI is InChI=1S/C46H28N2O2/c1-3-9-33(10-4-1)41-45-39(25-27-47-41)37-15-7-13-35(43(37)49-45)31-21-17-29(18-22-31)30-19-23-32(24-20-30)36-14-8-16-38-40-26-28-48-42(46(40)50-44(36)38)34-11-5-2-6-12-34/h1-28H. The number of hydrogen-bond donors (Lipinski definition) is 0. The van der Waals surface area contributed by atoms with Gasteiger partial charge in [0.2, 0.25) is 0 Å². The van der Waals surface area contributed by atoms with Gasteiger partial charge in [0.1, 0.15) is 22.6 Å². The third-order valence-electron chi connectivity index (χ3n) is 9.65. The highest BCUT2D eigenvalue weighted by Gasteiger charge is 2.18. The summed E-state index contributed by atoms with van der Waals surface area (Å²) in [6.45, 7) is 0. The Morgan fingerprint density at radius 1 is 0.280 bits per heavy atom. The zero-order valence-electron chi connectivity index (χ0n) is 26.9. The number of rotatable bonds is 5. The number of fused-ring (bicyclic) bond motifs is 6. The van der Waals surface area contributed by atoms with E-state index in [1.165, 1.54) is 0 Å². The quantitative estimate of drug-likeness (QED) is 0.188. The zero-order chi connectivity index (χ0) is 33.0. The molecule has 0 bridgehead atoms. The van der Waals surface area contributed by atoms with Crippen LogP contribution in [0.3, 0.4) is 0 Å². The van der Waals surface area contributed by atoms with Gasteiger partial charge in [-0.05, 0) is 34.4 Å². The number of aromatic nitrogens is 2. The van der Waals surface area contributed by atoms with Crippen LogP contribution in [0.2, 0.25) is 0 Å². The molecule has 4 heterocycles. The van der Waals surface area contributed by atoms with Gasteiger partial charge in [-0.3, -0.25) is 9.97 Å². The molecular weight excluding hydrogens is 613 g/mol. The van der Waals surface area contributed by atoms with Crippen LogP contribution in [0.5, 0.6) is 0 Å². The summed E-state index contributed by atoms with van der Waals surface area (Å²) in [6.07, 6.45) is 3.73. The molecule has 0 saturated heterocycles. The second-order valence-electron chi connectivity index (χ2n) is 12.5. The van der Waals surface area contributed by atoms with Crippen LogP contribution in [0.25, 0.3) is 99.8 Å². The van der Waals surface area contributed by atoms with Crippen molar-refractivity contribution in [2.75, 3.05) is 0 Å². The van der Waals surface area contributed by atoms with E-state index >= 15 is 0 Å². The van der Waals surface area contributed by atoms with Gasteiger partial charge in [0.15, 0.2) is 11.2 Å². The molecule has 50 heavy (non-hydrogen) atoms. The summed E-state index contributed by atoms with van der Waals surface area (Å²) in [5, 5.41) is 4.31. The van der Waals surface area contributed by atoms with Gasteiger partial charge in [0.05, 0.1) is 0 Å². The average molecular weight is 641 g/mol. The lowest BCUT2D eigenvalue weighted by Gasteiger charge is -2.08. The Morgan fingerprint density at radius 3 is 1.08 bits per heavy atom. The first-order chi connectivity index (χ1) is 24.8. The first-order valence-corrected chi connectivity index (χ1v) is 16.7. The molecule has 0 fully saturated rings. The van der Waals surface area contributed by atoms with Crippen LogP contribution in [-0.4, -0.2) is 9.97 Å². The smallest absolute Gasteiger partial charge is 0.161 e. The van der Waals surface area contributed by atoms with Crippen molar-refractivity contribution >= 4 is 43.9 Å². The largest absolute Gasteiger partial charge is 0.453 e. The molecule has 0 spiro atoms. The van der Waals surface area contributed by atoms with Crippen LogP contribution in [0.4, 0.5) is 0 Å². The first kappa shape index (κ1) is 28.3. The van der Waals surface area contributed by atoms with Crippen molar-refractivity contribution in [2.45, 2.75) is 0 Å². The zero-order valence-corrected chi connectivity index (χ0v) is 26.9.